The Morgan fingerprint density at radius 3 is 3.00 bits per heavy atom. The van der Waals surface area contributed by atoms with Gasteiger partial charge in [0.15, 0.2) is 0 Å². The zero-order valence-electron chi connectivity index (χ0n) is 11.2. The van der Waals surface area contributed by atoms with E-state index in [-0.39, 0.29) is 17.7 Å². The highest BCUT2D eigenvalue weighted by atomic mass is 16.5. The van der Waals surface area contributed by atoms with Gasteiger partial charge >= 0.3 is 5.97 Å². The molecule has 20 heavy (non-hydrogen) atoms. The molecule has 1 aliphatic rings. The largest absolute Gasteiger partial charge is 0.466 e. The Morgan fingerprint density at radius 2 is 2.25 bits per heavy atom. The van der Waals surface area contributed by atoms with Crippen molar-refractivity contribution in [1.29, 1.82) is 0 Å². The van der Waals surface area contributed by atoms with Gasteiger partial charge in [0.25, 0.3) is 11.5 Å². The molecule has 0 radical (unpaired) electrons. The van der Waals surface area contributed by atoms with Crippen LogP contribution < -0.4 is 10.9 Å². The van der Waals surface area contributed by atoms with Crippen molar-refractivity contribution in [2.24, 2.45) is 0 Å². The number of carbonyl (C=O) groups excluding carboxylic acids is 2. The number of rotatable bonds is 4. The molecule has 0 spiro atoms. The van der Waals surface area contributed by atoms with E-state index in [1.165, 1.54) is 19.3 Å². The average molecular weight is 276 g/mol. The van der Waals surface area contributed by atoms with Gasteiger partial charge in [-0.1, -0.05) is 6.08 Å². The van der Waals surface area contributed by atoms with Gasteiger partial charge < -0.3 is 15.0 Å². The third kappa shape index (κ3) is 3.14. The number of hydrogen-bond donors (Lipinski definition) is 2. The van der Waals surface area contributed by atoms with Gasteiger partial charge in [-0.2, -0.15) is 0 Å². The molecule has 1 amide bonds. The summed E-state index contributed by atoms with van der Waals surface area (Å²) in [5, 5.41) is 2.56. The van der Waals surface area contributed by atoms with Crippen molar-refractivity contribution in [2.45, 2.75) is 19.3 Å². The fourth-order valence-electron chi connectivity index (χ4n) is 2.15. The summed E-state index contributed by atoms with van der Waals surface area (Å²) in [5.41, 5.74) is 1.69. The molecule has 1 aromatic rings. The van der Waals surface area contributed by atoms with E-state index in [0.717, 1.165) is 30.5 Å². The first-order valence-electron chi connectivity index (χ1n) is 6.39. The number of aromatic nitrogens is 1. The van der Waals surface area contributed by atoms with Crippen LogP contribution in [0.3, 0.4) is 0 Å². The Hall–Kier alpha value is -2.37. The van der Waals surface area contributed by atoms with Gasteiger partial charge in [0, 0.05) is 18.3 Å². The van der Waals surface area contributed by atoms with E-state index in [1.54, 1.807) is 6.07 Å². The van der Waals surface area contributed by atoms with E-state index >= 15 is 0 Å². The molecule has 2 rings (SSSR count). The van der Waals surface area contributed by atoms with E-state index in [1.807, 2.05) is 0 Å². The van der Waals surface area contributed by atoms with Crippen LogP contribution in [0.25, 0.3) is 0 Å². The first kappa shape index (κ1) is 14.0. The molecular formula is C14H16N2O4. The highest BCUT2D eigenvalue weighted by Gasteiger charge is 2.17. The molecule has 0 fully saturated rings. The summed E-state index contributed by atoms with van der Waals surface area (Å²) in [6.45, 7) is 0.157. The average Bonchev–Trinajstić information content (AvgIpc) is 2.89. The quantitative estimate of drug-likeness (QED) is 0.612. The zero-order valence-corrected chi connectivity index (χ0v) is 11.2. The number of esters is 1. The van der Waals surface area contributed by atoms with Gasteiger partial charge in [-0.15, -0.1) is 0 Å². The third-order valence-corrected chi connectivity index (χ3v) is 3.17. The molecule has 1 aliphatic carbocycles. The van der Waals surface area contributed by atoms with E-state index in [2.05, 4.69) is 15.0 Å². The minimum Gasteiger partial charge on any atom is -0.466 e. The van der Waals surface area contributed by atoms with Gasteiger partial charge in [0.2, 0.25) is 0 Å². The zero-order chi connectivity index (χ0) is 14.5. The maximum Gasteiger partial charge on any atom is 0.330 e. The van der Waals surface area contributed by atoms with E-state index in [9.17, 15) is 14.4 Å². The SMILES string of the molecule is COC(=O)C=CCNC(=O)c1cc2c([nH]c1=O)CCC2. The molecule has 0 saturated carbocycles. The summed E-state index contributed by atoms with van der Waals surface area (Å²) in [5.74, 6) is -0.940. The lowest BCUT2D eigenvalue weighted by Crippen LogP contribution is -2.30. The van der Waals surface area contributed by atoms with Crippen LogP contribution in [0, 0.1) is 0 Å². The molecule has 0 bridgehead atoms. The number of amides is 1. The van der Waals surface area contributed by atoms with Crippen molar-refractivity contribution in [3.8, 4) is 0 Å². The summed E-state index contributed by atoms with van der Waals surface area (Å²) >= 11 is 0. The highest BCUT2D eigenvalue weighted by molar-refractivity contribution is 5.94. The van der Waals surface area contributed by atoms with Crippen molar-refractivity contribution in [1.82, 2.24) is 10.3 Å². The van der Waals surface area contributed by atoms with Gasteiger partial charge in [-0.25, -0.2) is 4.79 Å². The van der Waals surface area contributed by atoms with E-state index in [0.29, 0.717) is 0 Å². The summed E-state index contributed by atoms with van der Waals surface area (Å²) in [7, 11) is 1.27. The van der Waals surface area contributed by atoms with Gasteiger partial charge in [-0.05, 0) is 30.9 Å². The molecule has 106 valence electrons. The number of hydrogen-bond acceptors (Lipinski definition) is 4. The molecule has 6 nitrogen and oxygen atoms in total. The first-order valence-corrected chi connectivity index (χ1v) is 6.39. The lowest BCUT2D eigenvalue weighted by molar-refractivity contribution is -0.134. The van der Waals surface area contributed by atoms with Crippen molar-refractivity contribution in [3.05, 3.63) is 45.4 Å². The molecule has 0 atom stereocenters. The standard InChI is InChI=1S/C14H16N2O4/c1-20-12(17)6-3-7-15-13(18)10-8-9-4-2-5-11(9)16-14(10)19/h3,6,8H,2,4-5,7H2,1H3,(H,15,18)(H,16,19). The monoisotopic (exact) mass is 276 g/mol. The van der Waals surface area contributed by atoms with Crippen LogP contribution >= 0.6 is 0 Å². The van der Waals surface area contributed by atoms with Crippen LogP contribution in [-0.2, 0) is 22.4 Å². The number of pyridine rings is 1. The maximum atomic E-state index is 11.9. The number of methoxy groups -OCH3 is 1. The number of fused-ring (bicyclic) bond motifs is 1. The Balaban J connectivity index is 2.01. The molecule has 0 saturated heterocycles. The normalized spacial score (nSPS) is 13.2. The fraction of sp³-hybridized carbons (Fsp3) is 0.357. The third-order valence-electron chi connectivity index (χ3n) is 3.17. The number of aromatic amines is 1. The number of nitrogens with one attached hydrogen (secondary N) is 2. The van der Waals surface area contributed by atoms with Crippen LogP contribution in [0.2, 0.25) is 0 Å². The lowest BCUT2D eigenvalue weighted by Gasteiger charge is -2.04. The van der Waals surface area contributed by atoms with Gasteiger partial charge in [0.05, 0.1) is 7.11 Å². The lowest BCUT2D eigenvalue weighted by atomic mass is 10.1. The van der Waals surface area contributed by atoms with Crippen molar-refractivity contribution in [2.75, 3.05) is 13.7 Å². The Labute approximate surface area is 115 Å². The predicted octanol–water partition coefficient (Wildman–Crippen LogP) is 0.323. The second kappa shape index (κ2) is 6.18. The second-order valence-corrected chi connectivity index (χ2v) is 4.51. The molecule has 1 heterocycles. The molecule has 1 aromatic heterocycles. The summed E-state index contributed by atoms with van der Waals surface area (Å²) in [4.78, 5) is 37.3. The van der Waals surface area contributed by atoms with Crippen LogP contribution in [0.5, 0.6) is 0 Å². The van der Waals surface area contributed by atoms with Crippen molar-refractivity contribution < 1.29 is 14.3 Å². The topological polar surface area (TPSA) is 88.3 Å². The molecule has 6 heteroatoms. The van der Waals surface area contributed by atoms with Crippen molar-refractivity contribution >= 4 is 11.9 Å². The molecule has 0 unspecified atom stereocenters. The molecular weight excluding hydrogens is 260 g/mol. The van der Waals surface area contributed by atoms with E-state index in [4.69, 9.17) is 0 Å². The molecule has 0 aromatic carbocycles. The molecule has 0 aliphatic heterocycles. The number of H-pyrrole nitrogens is 1. The van der Waals surface area contributed by atoms with Crippen molar-refractivity contribution in [3.63, 3.8) is 0 Å². The van der Waals surface area contributed by atoms with E-state index < -0.39 is 11.9 Å². The summed E-state index contributed by atoms with van der Waals surface area (Å²) in [6, 6.07) is 1.65. The Bertz CT molecular complexity index is 616. The van der Waals surface area contributed by atoms with Crippen LogP contribution in [0.15, 0.2) is 23.0 Å². The number of carbonyl (C=O) groups is 2. The maximum absolute atomic E-state index is 11.9. The van der Waals surface area contributed by atoms with Crippen LogP contribution in [0.1, 0.15) is 28.0 Å². The van der Waals surface area contributed by atoms with Crippen LogP contribution in [0.4, 0.5) is 0 Å². The number of aryl methyl sites for hydroxylation is 2. The second-order valence-electron chi connectivity index (χ2n) is 4.51. The Kier molecular flexibility index (Phi) is 4.34. The highest BCUT2D eigenvalue weighted by Crippen LogP contribution is 2.18. The summed E-state index contributed by atoms with van der Waals surface area (Å²) in [6.07, 6.45) is 5.42. The number of ether oxygens (including phenoxy) is 1. The minimum atomic E-state index is -0.491. The van der Waals surface area contributed by atoms with Gasteiger partial charge in [0.1, 0.15) is 5.56 Å². The summed E-state index contributed by atoms with van der Waals surface area (Å²) < 4.78 is 4.42. The smallest absolute Gasteiger partial charge is 0.330 e. The predicted molar refractivity (Wildman–Crippen MR) is 72.6 cm³/mol. The first-order chi connectivity index (χ1) is 9.61. The minimum absolute atomic E-state index is 0.108. The molecule has 2 N–H and O–H groups in total. The van der Waals surface area contributed by atoms with Crippen LogP contribution in [-0.4, -0.2) is 30.5 Å². The van der Waals surface area contributed by atoms with Gasteiger partial charge in [-0.3, -0.25) is 9.59 Å². The Morgan fingerprint density at radius 1 is 1.45 bits per heavy atom. The fourth-order valence-corrected chi connectivity index (χ4v) is 2.15.